The molecule has 5 heteroatoms. The number of amides is 1. The van der Waals surface area contributed by atoms with E-state index >= 15 is 0 Å². The van der Waals surface area contributed by atoms with Crippen molar-refractivity contribution in [1.82, 2.24) is 5.32 Å². The average molecular weight is 237 g/mol. The maximum Gasteiger partial charge on any atom is 0.246 e. The van der Waals surface area contributed by atoms with E-state index in [0.717, 1.165) is 6.61 Å². The quantitative estimate of drug-likeness (QED) is 0.713. The van der Waals surface area contributed by atoms with Gasteiger partial charge < -0.3 is 15.8 Å². The van der Waals surface area contributed by atoms with Crippen LogP contribution in [0.2, 0.25) is 0 Å². The van der Waals surface area contributed by atoms with Gasteiger partial charge in [0.15, 0.2) is 0 Å². The summed E-state index contributed by atoms with van der Waals surface area (Å²) in [7, 11) is 0. The van der Waals surface area contributed by atoms with Crippen LogP contribution in [0.3, 0.4) is 0 Å². The van der Waals surface area contributed by atoms with Crippen LogP contribution in [0.1, 0.15) is 26.7 Å². The largest absolute Gasteiger partial charge is 0.371 e. The van der Waals surface area contributed by atoms with Gasteiger partial charge in [-0.1, -0.05) is 0 Å². The lowest BCUT2D eigenvalue weighted by atomic mass is 10.1. The van der Waals surface area contributed by atoms with E-state index in [0.29, 0.717) is 12.5 Å². The van der Waals surface area contributed by atoms with Crippen LogP contribution < -0.4 is 11.1 Å². The van der Waals surface area contributed by atoms with Gasteiger partial charge in [0.1, 0.15) is 6.61 Å². The lowest BCUT2D eigenvalue weighted by molar-refractivity contribution is -0.126. The van der Waals surface area contributed by atoms with Gasteiger partial charge in [0.25, 0.3) is 0 Å². The summed E-state index contributed by atoms with van der Waals surface area (Å²) in [4.78, 5) is 11.2. The Kier molecular flexibility index (Phi) is 6.17. The van der Waals surface area contributed by atoms with Crippen LogP contribution in [0, 0.1) is 5.92 Å². The molecule has 1 fully saturated rings. The van der Waals surface area contributed by atoms with Crippen molar-refractivity contribution >= 4 is 18.3 Å². The first kappa shape index (κ1) is 14.7. The molecule has 0 atom stereocenters. The van der Waals surface area contributed by atoms with Crippen molar-refractivity contribution in [3.63, 3.8) is 0 Å². The standard InChI is InChI=1S/C10H20N2O2.ClH/c1-10(2,11)7-12-9(13)6-14-5-8-3-4-8;/h8H,3-7,11H2,1-2H3,(H,12,13);1H. The van der Waals surface area contributed by atoms with Crippen molar-refractivity contribution in [2.45, 2.75) is 32.2 Å². The Labute approximate surface area is 97.3 Å². The molecule has 0 saturated heterocycles. The van der Waals surface area contributed by atoms with Gasteiger partial charge in [0, 0.05) is 12.1 Å². The molecule has 15 heavy (non-hydrogen) atoms. The lowest BCUT2D eigenvalue weighted by Crippen LogP contribution is -2.46. The number of nitrogens with two attached hydrogens (primary N) is 1. The molecule has 1 rings (SSSR count). The van der Waals surface area contributed by atoms with Crippen molar-refractivity contribution in [2.75, 3.05) is 19.8 Å². The Hall–Kier alpha value is -0.320. The van der Waals surface area contributed by atoms with Crippen LogP contribution in [0.4, 0.5) is 0 Å². The molecule has 1 saturated carbocycles. The first-order valence-electron chi connectivity index (χ1n) is 5.11. The summed E-state index contributed by atoms with van der Waals surface area (Å²) in [5, 5.41) is 2.73. The predicted octanol–water partition coefficient (Wildman–Crippen LogP) is 0.688. The Bertz CT molecular complexity index is 200. The first-order chi connectivity index (χ1) is 6.47. The molecule has 0 bridgehead atoms. The molecule has 1 amide bonds. The third kappa shape index (κ3) is 8.66. The number of carbonyl (C=O) groups excluding carboxylic acids is 1. The van der Waals surface area contributed by atoms with Crippen molar-refractivity contribution < 1.29 is 9.53 Å². The van der Waals surface area contributed by atoms with Crippen molar-refractivity contribution in [3.05, 3.63) is 0 Å². The SMILES string of the molecule is CC(C)(N)CNC(=O)COCC1CC1.Cl. The highest BCUT2D eigenvalue weighted by Gasteiger charge is 2.21. The lowest BCUT2D eigenvalue weighted by Gasteiger charge is -2.18. The highest BCUT2D eigenvalue weighted by Crippen LogP contribution is 2.28. The van der Waals surface area contributed by atoms with E-state index < -0.39 is 0 Å². The van der Waals surface area contributed by atoms with Crippen LogP contribution in [-0.4, -0.2) is 31.2 Å². The Morgan fingerprint density at radius 2 is 2.13 bits per heavy atom. The van der Waals surface area contributed by atoms with Crippen LogP contribution >= 0.6 is 12.4 Å². The van der Waals surface area contributed by atoms with Gasteiger partial charge in [-0.25, -0.2) is 0 Å². The molecule has 4 nitrogen and oxygen atoms in total. The molecule has 0 aliphatic heterocycles. The molecule has 90 valence electrons. The summed E-state index contributed by atoms with van der Waals surface area (Å²) >= 11 is 0. The van der Waals surface area contributed by atoms with E-state index in [9.17, 15) is 4.79 Å². The minimum Gasteiger partial charge on any atom is -0.371 e. The molecule has 0 aromatic heterocycles. The zero-order valence-corrected chi connectivity index (χ0v) is 10.2. The highest BCUT2D eigenvalue weighted by atomic mass is 35.5. The number of nitrogens with one attached hydrogen (secondary N) is 1. The Morgan fingerprint density at radius 3 is 2.60 bits per heavy atom. The zero-order chi connectivity index (χ0) is 10.6. The molecular formula is C10H21ClN2O2. The molecule has 0 aromatic rings. The van der Waals surface area contributed by atoms with Gasteiger partial charge in [-0.15, -0.1) is 12.4 Å². The summed E-state index contributed by atoms with van der Waals surface area (Å²) in [5.41, 5.74) is 5.36. The highest BCUT2D eigenvalue weighted by molar-refractivity contribution is 5.85. The molecular weight excluding hydrogens is 216 g/mol. The second kappa shape index (κ2) is 6.30. The summed E-state index contributed by atoms with van der Waals surface area (Å²) in [5.74, 6) is 0.623. The molecule has 1 aliphatic carbocycles. The number of halogens is 1. The molecule has 1 aliphatic rings. The molecule has 3 N–H and O–H groups in total. The molecule has 0 radical (unpaired) electrons. The van der Waals surface area contributed by atoms with E-state index in [4.69, 9.17) is 10.5 Å². The van der Waals surface area contributed by atoms with E-state index in [2.05, 4.69) is 5.32 Å². The van der Waals surface area contributed by atoms with E-state index in [1.54, 1.807) is 0 Å². The second-order valence-electron chi connectivity index (χ2n) is 4.72. The van der Waals surface area contributed by atoms with Crippen molar-refractivity contribution in [3.8, 4) is 0 Å². The minimum atomic E-state index is -0.355. The third-order valence-corrected chi connectivity index (χ3v) is 2.02. The summed E-state index contributed by atoms with van der Waals surface area (Å²) in [6, 6.07) is 0. The maximum atomic E-state index is 11.2. The predicted molar refractivity (Wildman–Crippen MR) is 62.1 cm³/mol. The second-order valence-corrected chi connectivity index (χ2v) is 4.72. The Morgan fingerprint density at radius 1 is 1.53 bits per heavy atom. The summed E-state index contributed by atoms with van der Waals surface area (Å²) in [6.45, 7) is 5.11. The van der Waals surface area contributed by atoms with E-state index in [1.807, 2.05) is 13.8 Å². The zero-order valence-electron chi connectivity index (χ0n) is 9.41. The molecule has 0 spiro atoms. The van der Waals surface area contributed by atoms with Gasteiger partial charge >= 0.3 is 0 Å². The minimum absolute atomic E-state index is 0. The number of hydrogen-bond acceptors (Lipinski definition) is 3. The fraction of sp³-hybridized carbons (Fsp3) is 0.900. The van der Waals surface area contributed by atoms with Crippen molar-refractivity contribution in [2.24, 2.45) is 11.7 Å². The maximum absolute atomic E-state index is 11.2. The third-order valence-electron chi connectivity index (χ3n) is 2.02. The summed E-state index contributed by atoms with van der Waals surface area (Å²) < 4.78 is 5.23. The topological polar surface area (TPSA) is 64.3 Å². The van der Waals surface area contributed by atoms with Crippen molar-refractivity contribution in [1.29, 1.82) is 0 Å². The van der Waals surface area contributed by atoms with Gasteiger partial charge in [-0.05, 0) is 32.6 Å². The van der Waals surface area contributed by atoms with E-state index in [-0.39, 0.29) is 30.5 Å². The smallest absolute Gasteiger partial charge is 0.246 e. The average Bonchev–Trinajstić information content (AvgIpc) is 2.83. The molecule has 0 unspecified atom stereocenters. The van der Waals surface area contributed by atoms with Gasteiger partial charge in [-0.3, -0.25) is 4.79 Å². The van der Waals surface area contributed by atoms with Crippen LogP contribution in [0.5, 0.6) is 0 Å². The number of rotatable bonds is 6. The number of ether oxygens (including phenoxy) is 1. The van der Waals surface area contributed by atoms with Crippen LogP contribution in [0.25, 0.3) is 0 Å². The number of hydrogen-bond donors (Lipinski definition) is 2. The Balaban J connectivity index is 0.00000196. The monoisotopic (exact) mass is 236 g/mol. The molecule has 0 aromatic carbocycles. The number of carbonyl (C=O) groups is 1. The molecule has 0 heterocycles. The van der Waals surface area contributed by atoms with Gasteiger partial charge in [-0.2, -0.15) is 0 Å². The first-order valence-corrected chi connectivity index (χ1v) is 5.11. The normalized spacial score (nSPS) is 15.7. The van der Waals surface area contributed by atoms with E-state index in [1.165, 1.54) is 12.8 Å². The fourth-order valence-electron chi connectivity index (χ4n) is 0.980. The van der Waals surface area contributed by atoms with Gasteiger partial charge in [0.05, 0.1) is 6.61 Å². The fourth-order valence-corrected chi connectivity index (χ4v) is 0.980. The van der Waals surface area contributed by atoms with Crippen LogP contribution in [0.15, 0.2) is 0 Å². The summed E-state index contributed by atoms with van der Waals surface area (Å²) in [6.07, 6.45) is 2.49. The van der Waals surface area contributed by atoms with Gasteiger partial charge in [0.2, 0.25) is 5.91 Å². The van der Waals surface area contributed by atoms with Crippen LogP contribution in [-0.2, 0) is 9.53 Å².